The number of rotatable bonds is 6. The minimum Gasteiger partial charge on any atom is -0.345 e. The van der Waals surface area contributed by atoms with Crippen molar-refractivity contribution in [2.75, 3.05) is 5.75 Å². The lowest BCUT2D eigenvalue weighted by Gasteiger charge is -2.20. The van der Waals surface area contributed by atoms with Gasteiger partial charge < -0.3 is 10.3 Å². The van der Waals surface area contributed by atoms with Crippen molar-refractivity contribution in [1.82, 2.24) is 15.3 Å². The molecule has 2 aromatic carbocycles. The maximum Gasteiger partial charge on any atom is 0.230 e. The summed E-state index contributed by atoms with van der Waals surface area (Å²) in [5, 5.41) is 3.13. The first-order chi connectivity index (χ1) is 12.0. The van der Waals surface area contributed by atoms with Gasteiger partial charge in [0.25, 0.3) is 0 Å². The van der Waals surface area contributed by atoms with E-state index in [1.807, 2.05) is 42.5 Å². The van der Waals surface area contributed by atoms with Crippen LogP contribution in [0.25, 0.3) is 11.0 Å². The average Bonchev–Trinajstić information content (AvgIpc) is 3.02. The molecule has 0 saturated heterocycles. The number of carbonyl (C=O) groups is 1. The van der Waals surface area contributed by atoms with E-state index in [9.17, 15) is 4.79 Å². The second kappa shape index (κ2) is 7.74. The molecule has 3 aromatic rings. The molecule has 0 aliphatic heterocycles. The second-order valence-corrected chi connectivity index (χ2v) is 7.50. The number of fused-ring (bicyclic) bond motifs is 1. The minimum atomic E-state index is -0.127. The summed E-state index contributed by atoms with van der Waals surface area (Å²) < 4.78 is 0. The van der Waals surface area contributed by atoms with Gasteiger partial charge in [0.15, 0.2) is 0 Å². The van der Waals surface area contributed by atoms with Gasteiger partial charge in [-0.2, -0.15) is 0 Å². The molecule has 1 aromatic heterocycles. The first-order valence-corrected chi connectivity index (χ1v) is 9.45. The molecule has 0 saturated carbocycles. The van der Waals surface area contributed by atoms with E-state index in [0.29, 0.717) is 5.75 Å². The molecule has 1 amide bonds. The number of thioether (sulfide) groups is 1. The van der Waals surface area contributed by atoms with Gasteiger partial charge >= 0.3 is 0 Å². The maximum atomic E-state index is 12.5. The summed E-state index contributed by atoms with van der Waals surface area (Å²) >= 11 is 1.57. The Balaban J connectivity index is 1.69. The van der Waals surface area contributed by atoms with Crippen LogP contribution in [0.2, 0.25) is 0 Å². The molecule has 1 heterocycles. The lowest BCUT2D eigenvalue weighted by Crippen LogP contribution is -2.33. The number of nitrogens with zero attached hydrogens (tertiary/aromatic N) is 1. The van der Waals surface area contributed by atoms with Crippen LogP contribution in [0.5, 0.6) is 0 Å². The number of amides is 1. The van der Waals surface area contributed by atoms with Crippen molar-refractivity contribution in [3.63, 3.8) is 0 Å². The molecule has 4 nitrogen and oxygen atoms in total. The first-order valence-electron chi connectivity index (χ1n) is 8.47. The smallest absolute Gasteiger partial charge is 0.230 e. The molecule has 2 N–H and O–H groups in total. The molecular formula is C20H23N3OS. The summed E-state index contributed by atoms with van der Waals surface area (Å²) in [5.41, 5.74) is 3.11. The molecular weight excluding hydrogens is 330 g/mol. The largest absolute Gasteiger partial charge is 0.345 e. The number of aromatic amines is 1. The molecule has 0 bridgehead atoms. The summed E-state index contributed by atoms with van der Waals surface area (Å²) in [6, 6.07) is 15.9. The quantitative estimate of drug-likeness (QED) is 0.643. The van der Waals surface area contributed by atoms with Crippen molar-refractivity contribution in [1.29, 1.82) is 0 Å². The highest BCUT2D eigenvalue weighted by molar-refractivity contribution is 8.00. The van der Waals surface area contributed by atoms with Crippen molar-refractivity contribution in [3.05, 3.63) is 59.9 Å². The zero-order chi connectivity index (χ0) is 17.8. The average molecular weight is 353 g/mol. The van der Waals surface area contributed by atoms with Crippen LogP contribution < -0.4 is 5.32 Å². The van der Waals surface area contributed by atoms with Gasteiger partial charge in [-0.15, -0.1) is 11.8 Å². The number of benzene rings is 2. The summed E-state index contributed by atoms with van der Waals surface area (Å²) in [6.07, 6.45) is 0. The molecule has 0 aliphatic rings. The van der Waals surface area contributed by atoms with Crippen LogP contribution in [0, 0.1) is 12.8 Å². The Morgan fingerprint density at radius 3 is 2.60 bits per heavy atom. The Labute approximate surface area is 152 Å². The third-order valence-corrected chi connectivity index (χ3v) is 5.31. The van der Waals surface area contributed by atoms with Gasteiger partial charge in [-0.25, -0.2) is 4.98 Å². The van der Waals surface area contributed by atoms with E-state index in [2.05, 4.69) is 42.1 Å². The van der Waals surface area contributed by atoms with Gasteiger partial charge in [0, 0.05) is 4.90 Å². The van der Waals surface area contributed by atoms with Crippen LogP contribution >= 0.6 is 11.8 Å². The van der Waals surface area contributed by atoms with E-state index in [-0.39, 0.29) is 17.9 Å². The summed E-state index contributed by atoms with van der Waals surface area (Å²) in [5.74, 6) is 1.47. The van der Waals surface area contributed by atoms with Crippen LogP contribution in [-0.4, -0.2) is 21.6 Å². The SMILES string of the molecule is Cc1ccccc1SCC(=O)NC(c1nc2ccccc2[nH]1)C(C)C. The van der Waals surface area contributed by atoms with Gasteiger partial charge in [-0.3, -0.25) is 4.79 Å². The molecule has 3 rings (SSSR count). The number of nitrogens with one attached hydrogen (secondary N) is 2. The minimum absolute atomic E-state index is 0.0207. The van der Waals surface area contributed by atoms with Gasteiger partial charge in [0.2, 0.25) is 5.91 Å². The second-order valence-electron chi connectivity index (χ2n) is 6.48. The van der Waals surface area contributed by atoms with Crippen LogP contribution in [0.3, 0.4) is 0 Å². The van der Waals surface area contributed by atoms with Crippen LogP contribution in [0.15, 0.2) is 53.4 Å². The van der Waals surface area contributed by atoms with Crippen molar-refractivity contribution < 1.29 is 4.79 Å². The summed E-state index contributed by atoms with van der Waals surface area (Å²) in [6.45, 7) is 6.24. The molecule has 0 fully saturated rings. The van der Waals surface area contributed by atoms with Gasteiger partial charge in [-0.1, -0.05) is 44.2 Å². The lowest BCUT2D eigenvalue weighted by atomic mass is 10.0. The van der Waals surface area contributed by atoms with Crippen LogP contribution in [0.1, 0.15) is 31.3 Å². The predicted molar refractivity (Wildman–Crippen MR) is 104 cm³/mol. The van der Waals surface area contributed by atoms with Gasteiger partial charge in [-0.05, 0) is 36.6 Å². The first kappa shape index (κ1) is 17.5. The number of H-pyrrole nitrogens is 1. The Kier molecular flexibility index (Phi) is 5.43. The van der Waals surface area contributed by atoms with Crippen molar-refractivity contribution in [2.24, 2.45) is 5.92 Å². The predicted octanol–water partition coefficient (Wildman–Crippen LogP) is 4.48. The number of imidazole rings is 1. The normalized spacial score (nSPS) is 12.5. The molecule has 130 valence electrons. The molecule has 1 unspecified atom stereocenters. The molecule has 0 spiro atoms. The van der Waals surface area contributed by atoms with Crippen LogP contribution in [-0.2, 0) is 4.79 Å². The van der Waals surface area contributed by atoms with Gasteiger partial charge in [0.1, 0.15) is 5.82 Å². The number of aromatic nitrogens is 2. The third-order valence-electron chi connectivity index (χ3n) is 4.14. The number of aryl methyl sites for hydroxylation is 1. The fourth-order valence-electron chi connectivity index (χ4n) is 2.75. The number of para-hydroxylation sites is 2. The zero-order valence-corrected chi connectivity index (χ0v) is 15.6. The van der Waals surface area contributed by atoms with Crippen molar-refractivity contribution in [2.45, 2.75) is 31.7 Å². The highest BCUT2D eigenvalue weighted by atomic mass is 32.2. The number of hydrogen-bond donors (Lipinski definition) is 2. The molecule has 25 heavy (non-hydrogen) atoms. The third kappa shape index (κ3) is 4.23. The monoisotopic (exact) mass is 353 g/mol. The summed E-state index contributed by atoms with van der Waals surface area (Å²) in [4.78, 5) is 21.6. The highest BCUT2D eigenvalue weighted by Crippen LogP contribution is 2.24. The number of carbonyl (C=O) groups excluding carboxylic acids is 1. The van der Waals surface area contributed by atoms with Crippen LogP contribution in [0.4, 0.5) is 0 Å². The van der Waals surface area contributed by atoms with E-state index in [0.717, 1.165) is 21.8 Å². The fourth-order valence-corrected chi connectivity index (χ4v) is 3.59. The van der Waals surface area contributed by atoms with E-state index < -0.39 is 0 Å². The Bertz CT molecular complexity index is 839. The van der Waals surface area contributed by atoms with E-state index in [1.54, 1.807) is 11.8 Å². The maximum absolute atomic E-state index is 12.5. The molecule has 0 radical (unpaired) electrons. The molecule has 5 heteroatoms. The number of hydrogen-bond acceptors (Lipinski definition) is 3. The Morgan fingerprint density at radius 2 is 1.88 bits per heavy atom. The Morgan fingerprint density at radius 1 is 1.16 bits per heavy atom. The molecule has 1 atom stereocenters. The van der Waals surface area contributed by atoms with Gasteiger partial charge in [0.05, 0.1) is 22.8 Å². The topological polar surface area (TPSA) is 57.8 Å². The van der Waals surface area contributed by atoms with Crippen molar-refractivity contribution in [3.8, 4) is 0 Å². The zero-order valence-electron chi connectivity index (χ0n) is 14.7. The standard InChI is InChI=1S/C20H23N3OS/c1-13(2)19(20-21-15-9-5-6-10-16(15)22-20)23-18(24)12-25-17-11-7-4-8-14(17)3/h4-11,13,19H,12H2,1-3H3,(H,21,22)(H,23,24). The van der Waals surface area contributed by atoms with E-state index in [4.69, 9.17) is 0 Å². The fraction of sp³-hybridized carbons (Fsp3) is 0.300. The molecule has 0 aliphatic carbocycles. The van der Waals surface area contributed by atoms with E-state index >= 15 is 0 Å². The summed E-state index contributed by atoms with van der Waals surface area (Å²) in [7, 11) is 0. The van der Waals surface area contributed by atoms with E-state index in [1.165, 1.54) is 5.56 Å². The Hall–Kier alpha value is -2.27. The van der Waals surface area contributed by atoms with Crippen molar-refractivity contribution >= 4 is 28.7 Å². The lowest BCUT2D eigenvalue weighted by molar-refractivity contribution is -0.119. The highest BCUT2D eigenvalue weighted by Gasteiger charge is 2.21.